The van der Waals surface area contributed by atoms with Gasteiger partial charge in [-0.2, -0.15) is 0 Å². The van der Waals surface area contributed by atoms with Crippen molar-refractivity contribution < 1.29 is 4.79 Å². The molecule has 0 amide bonds. The van der Waals surface area contributed by atoms with Gasteiger partial charge in [0.25, 0.3) is 0 Å². The summed E-state index contributed by atoms with van der Waals surface area (Å²) >= 11 is 0. The van der Waals surface area contributed by atoms with Crippen LogP contribution in [0.3, 0.4) is 0 Å². The van der Waals surface area contributed by atoms with E-state index >= 15 is 0 Å². The molecule has 2 N–H and O–H groups in total. The Balaban J connectivity index is 1.78. The summed E-state index contributed by atoms with van der Waals surface area (Å²) < 4.78 is 0. The van der Waals surface area contributed by atoms with Gasteiger partial charge in [-0.05, 0) is 60.7 Å². The van der Waals surface area contributed by atoms with Gasteiger partial charge in [-0.1, -0.05) is 30.0 Å². The van der Waals surface area contributed by atoms with E-state index in [0.717, 1.165) is 11.1 Å². The predicted octanol–water partition coefficient (Wildman–Crippen LogP) is 3.90. The maximum Gasteiger partial charge on any atom is 0.193 e. The third-order valence-corrected chi connectivity index (χ3v) is 3.44. The van der Waals surface area contributed by atoms with Gasteiger partial charge in [-0.15, -0.1) is 0 Å². The van der Waals surface area contributed by atoms with E-state index in [1.54, 1.807) is 36.4 Å². The van der Waals surface area contributed by atoms with Gasteiger partial charge >= 0.3 is 0 Å². The van der Waals surface area contributed by atoms with Crippen molar-refractivity contribution in [2.75, 3.05) is 5.73 Å². The minimum absolute atomic E-state index is 0.0208. The first-order valence-electron chi connectivity index (χ1n) is 7.30. The summed E-state index contributed by atoms with van der Waals surface area (Å²) in [5, 5.41) is 0. The molecule has 2 heteroatoms. The van der Waals surface area contributed by atoms with Crippen molar-refractivity contribution >= 4 is 11.5 Å². The van der Waals surface area contributed by atoms with Crippen molar-refractivity contribution in [3.05, 3.63) is 101 Å². The SMILES string of the molecule is Nc1ccc(C(=O)c2ccc(C#Cc3ccccc3)cc2)cc1. The van der Waals surface area contributed by atoms with E-state index in [9.17, 15) is 4.79 Å². The van der Waals surface area contributed by atoms with Crippen LogP contribution in [0.2, 0.25) is 0 Å². The molecule has 2 nitrogen and oxygen atoms in total. The molecule has 0 fully saturated rings. The van der Waals surface area contributed by atoms with Crippen LogP contribution in [-0.4, -0.2) is 5.78 Å². The molecule has 0 radical (unpaired) electrons. The van der Waals surface area contributed by atoms with Crippen LogP contribution in [0.15, 0.2) is 78.9 Å². The van der Waals surface area contributed by atoms with Gasteiger partial charge in [-0.3, -0.25) is 4.79 Å². The third-order valence-electron chi connectivity index (χ3n) is 3.44. The molecule has 0 bridgehead atoms. The first kappa shape index (κ1) is 14.6. The molecular weight excluding hydrogens is 282 g/mol. The van der Waals surface area contributed by atoms with Crippen molar-refractivity contribution in [1.82, 2.24) is 0 Å². The van der Waals surface area contributed by atoms with Gasteiger partial charge in [0.05, 0.1) is 0 Å². The van der Waals surface area contributed by atoms with Crippen LogP contribution < -0.4 is 5.73 Å². The lowest BCUT2D eigenvalue weighted by Gasteiger charge is -2.02. The van der Waals surface area contributed by atoms with Crippen LogP contribution in [0.25, 0.3) is 0 Å². The molecule has 0 atom stereocenters. The van der Waals surface area contributed by atoms with Crippen LogP contribution in [-0.2, 0) is 0 Å². The second-order valence-electron chi connectivity index (χ2n) is 5.14. The van der Waals surface area contributed by atoms with E-state index in [0.29, 0.717) is 16.8 Å². The Bertz CT molecular complexity index is 867. The fourth-order valence-corrected chi connectivity index (χ4v) is 2.17. The maximum absolute atomic E-state index is 12.4. The molecular formula is C21H15NO. The summed E-state index contributed by atoms with van der Waals surface area (Å²) in [4.78, 5) is 12.4. The first-order valence-corrected chi connectivity index (χ1v) is 7.30. The second kappa shape index (κ2) is 6.64. The van der Waals surface area contributed by atoms with Gasteiger partial charge in [0.15, 0.2) is 5.78 Å². The molecule has 3 aromatic carbocycles. The predicted molar refractivity (Wildman–Crippen MR) is 93.2 cm³/mol. The van der Waals surface area contributed by atoms with Gasteiger partial charge in [0, 0.05) is 27.9 Å². The largest absolute Gasteiger partial charge is 0.399 e. The van der Waals surface area contributed by atoms with Crippen LogP contribution in [0.4, 0.5) is 5.69 Å². The van der Waals surface area contributed by atoms with Crippen LogP contribution in [0.5, 0.6) is 0 Å². The van der Waals surface area contributed by atoms with E-state index < -0.39 is 0 Å². The molecule has 3 aromatic rings. The molecule has 0 aliphatic rings. The number of rotatable bonds is 2. The highest BCUT2D eigenvalue weighted by Gasteiger charge is 2.08. The summed E-state index contributed by atoms with van der Waals surface area (Å²) in [6, 6.07) is 24.1. The standard InChI is InChI=1S/C21H15NO/c22-20-14-12-19(13-15-20)21(23)18-10-8-17(9-11-18)7-6-16-4-2-1-3-5-16/h1-5,8-15H,22H2. The number of carbonyl (C=O) groups is 1. The zero-order valence-electron chi connectivity index (χ0n) is 12.5. The molecule has 3 rings (SSSR count). The summed E-state index contributed by atoms with van der Waals surface area (Å²) in [6.45, 7) is 0. The van der Waals surface area contributed by atoms with Crippen LogP contribution in [0, 0.1) is 11.8 Å². The Labute approximate surface area is 135 Å². The monoisotopic (exact) mass is 297 g/mol. The lowest BCUT2D eigenvalue weighted by atomic mass is 10.0. The lowest BCUT2D eigenvalue weighted by molar-refractivity contribution is 0.103. The zero-order valence-corrected chi connectivity index (χ0v) is 12.5. The van der Waals surface area contributed by atoms with E-state index in [2.05, 4.69) is 11.8 Å². The average molecular weight is 297 g/mol. The average Bonchev–Trinajstić information content (AvgIpc) is 2.61. The fourth-order valence-electron chi connectivity index (χ4n) is 2.17. The van der Waals surface area contributed by atoms with Gasteiger partial charge in [-0.25, -0.2) is 0 Å². The Morgan fingerprint density at radius 2 is 1.13 bits per heavy atom. The number of benzene rings is 3. The number of hydrogen-bond donors (Lipinski definition) is 1. The number of ketones is 1. The Morgan fingerprint density at radius 1 is 0.652 bits per heavy atom. The summed E-state index contributed by atoms with van der Waals surface area (Å²) in [5.74, 6) is 6.17. The Morgan fingerprint density at radius 3 is 1.70 bits per heavy atom. The van der Waals surface area contributed by atoms with Crippen molar-refractivity contribution in [2.24, 2.45) is 0 Å². The summed E-state index contributed by atoms with van der Waals surface area (Å²) in [6.07, 6.45) is 0. The zero-order chi connectivity index (χ0) is 16.1. The second-order valence-corrected chi connectivity index (χ2v) is 5.14. The normalized spacial score (nSPS) is 9.74. The highest BCUT2D eigenvalue weighted by Crippen LogP contribution is 2.13. The molecule has 0 aromatic heterocycles. The van der Waals surface area contributed by atoms with Gasteiger partial charge in [0.1, 0.15) is 0 Å². The Hall–Kier alpha value is -3.31. The van der Waals surface area contributed by atoms with E-state index in [-0.39, 0.29) is 5.78 Å². The summed E-state index contributed by atoms with van der Waals surface area (Å²) in [5.41, 5.74) is 9.40. The summed E-state index contributed by atoms with van der Waals surface area (Å²) in [7, 11) is 0. The van der Waals surface area contributed by atoms with Crippen molar-refractivity contribution in [2.45, 2.75) is 0 Å². The molecule has 110 valence electrons. The maximum atomic E-state index is 12.4. The number of hydrogen-bond acceptors (Lipinski definition) is 2. The molecule has 0 saturated carbocycles. The fraction of sp³-hybridized carbons (Fsp3) is 0. The van der Waals surface area contributed by atoms with E-state index in [1.807, 2.05) is 42.5 Å². The van der Waals surface area contributed by atoms with Gasteiger partial charge < -0.3 is 5.73 Å². The molecule has 0 heterocycles. The smallest absolute Gasteiger partial charge is 0.193 e. The minimum atomic E-state index is -0.0208. The van der Waals surface area contributed by atoms with Crippen LogP contribution >= 0.6 is 0 Å². The molecule has 0 unspecified atom stereocenters. The van der Waals surface area contributed by atoms with Gasteiger partial charge in [0.2, 0.25) is 0 Å². The topological polar surface area (TPSA) is 43.1 Å². The first-order chi connectivity index (χ1) is 11.2. The van der Waals surface area contributed by atoms with Crippen molar-refractivity contribution in [1.29, 1.82) is 0 Å². The molecule has 0 aliphatic carbocycles. The third kappa shape index (κ3) is 3.66. The highest BCUT2D eigenvalue weighted by atomic mass is 16.1. The lowest BCUT2D eigenvalue weighted by Crippen LogP contribution is -2.01. The minimum Gasteiger partial charge on any atom is -0.399 e. The van der Waals surface area contributed by atoms with E-state index in [1.165, 1.54) is 0 Å². The molecule has 0 spiro atoms. The number of anilines is 1. The number of nitrogens with two attached hydrogens (primary N) is 1. The van der Waals surface area contributed by atoms with Crippen molar-refractivity contribution in [3.63, 3.8) is 0 Å². The number of nitrogen functional groups attached to an aromatic ring is 1. The number of carbonyl (C=O) groups excluding carboxylic acids is 1. The highest BCUT2D eigenvalue weighted by molar-refractivity contribution is 6.09. The van der Waals surface area contributed by atoms with Crippen molar-refractivity contribution in [3.8, 4) is 11.8 Å². The molecule has 0 aliphatic heterocycles. The van der Waals surface area contributed by atoms with E-state index in [4.69, 9.17) is 5.73 Å². The molecule has 0 saturated heterocycles. The Kier molecular flexibility index (Phi) is 4.22. The molecule has 23 heavy (non-hydrogen) atoms. The quantitative estimate of drug-likeness (QED) is 0.443. The van der Waals surface area contributed by atoms with Crippen LogP contribution in [0.1, 0.15) is 27.0 Å².